The molecule has 1 amide bonds. The Morgan fingerprint density at radius 2 is 1.96 bits per heavy atom. The number of rotatable bonds is 4. The van der Waals surface area contributed by atoms with Crippen LogP contribution in [0.4, 0.5) is 4.39 Å². The second-order valence-corrected chi connectivity index (χ2v) is 9.02. The van der Waals surface area contributed by atoms with Gasteiger partial charge in [0, 0.05) is 38.0 Å². The molecule has 0 saturated carbocycles. The van der Waals surface area contributed by atoms with Crippen LogP contribution in [-0.2, 0) is 14.8 Å². The number of H-pyrrole nitrogens is 1. The van der Waals surface area contributed by atoms with Crippen LogP contribution >= 0.6 is 0 Å². The van der Waals surface area contributed by atoms with Crippen molar-refractivity contribution in [1.29, 1.82) is 0 Å². The topological polar surface area (TPSA) is 104 Å². The van der Waals surface area contributed by atoms with Crippen molar-refractivity contribution in [2.24, 2.45) is 5.92 Å². The smallest absolute Gasteiger partial charge is 0.408 e. The Hall–Kier alpha value is -2.20. The largest absolute Gasteiger partial charge is 0.417 e. The molecule has 2 saturated heterocycles. The van der Waals surface area contributed by atoms with E-state index in [1.54, 1.807) is 4.90 Å². The van der Waals surface area contributed by atoms with Crippen molar-refractivity contribution >= 4 is 27.0 Å². The van der Waals surface area contributed by atoms with Gasteiger partial charge in [0.2, 0.25) is 15.9 Å². The Balaban J connectivity index is 1.48. The average Bonchev–Trinajstić information content (AvgIpc) is 3.22. The standard InChI is InChI=1S/C17H20FN3O5S/c18-9-11-7-16(22)21(10-11)12-3-5-20(6-4-12)27(24,25)13-1-2-15-14(8-13)19-17(23)26-15/h1-2,8,11-12H,3-7,9-10H2,(H,19,23). The van der Waals surface area contributed by atoms with Gasteiger partial charge < -0.3 is 9.32 Å². The van der Waals surface area contributed by atoms with Gasteiger partial charge in [0.15, 0.2) is 5.58 Å². The lowest BCUT2D eigenvalue weighted by Gasteiger charge is -2.36. The Morgan fingerprint density at radius 1 is 1.22 bits per heavy atom. The monoisotopic (exact) mass is 397 g/mol. The molecule has 4 rings (SSSR count). The first-order chi connectivity index (χ1) is 12.9. The number of alkyl halides is 1. The van der Waals surface area contributed by atoms with Crippen LogP contribution < -0.4 is 5.76 Å². The van der Waals surface area contributed by atoms with E-state index in [2.05, 4.69) is 4.98 Å². The number of aromatic amines is 1. The molecule has 0 spiro atoms. The lowest BCUT2D eigenvalue weighted by molar-refractivity contribution is -0.130. The van der Waals surface area contributed by atoms with Crippen LogP contribution in [0.1, 0.15) is 19.3 Å². The number of piperidine rings is 1. The molecule has 2 aromatic rings. The van der Waals surface area contributed by atoms with Crippen molar-refractivity contribution in [3.05, 3.63) is 28.7 Å². The van der Waals surface area contributed by atoms with E-state index in [1.807, 2.05) is 0 Å². The van der Waals surface area contributed by atoms with Gasteiger partial charge in [0.1, 0.15) is 0 Å². The molecule has 146 valence electrons. The zero-order valence-electron chi connectivity index (χ0n) is 14.6. The molecule has 27 heavy (non-hydrogen) atoms. The summed E-state index contributed by atoms with van der Waals surface area (Å²) >= 11 is 0. The molecule has 10 heteroatoms. The maximum Gasteiger partial charge on any atom is 0.417 e. The zero-order chi connectivity index (χ0) is 19.2. The molecule has 2 aliphatic heterocycles. The molecule has 1 aromatic heterocycles. The highest BCUT2D eigenvalue weighted by Crippen LogP contribution is 2.28. The van der Waals surface area contributed by atoms with Crippen molar-refractivity contribution in [2.45, 2.75) is 30.2 Å². The van der Waals surface area contributed by atoms with E-state index in [1.165, 1.54) is 22.5 Å². The van der Waals surface area contributed by atoms with Crippen LogP contribution in [0, 0.1) is 5.92 Å². The first-order valence-corrected chi connectivity index (χ1v) is 10.3. The molecule has 1 N–H and O–H groups in total. The summed E-state index contributed by atoms with van der Waals surface area (Å²) in [6.45, 7) is 0.485. The Morgan fingerprint density at radius 3 is 2.63 bits per heavy atom. The van der Waals surface area contributed by atoms with Gasteiger partial charge in [0.25, 0.3) is 0 Å². The molecule has 2 fully saturated rings. The fraction of sp³-hybridized carbons (Fsp3) is 0.529. The molecule has 1 unspecified atom stereocenters. The minimum absolute atomic E-state index is 0.0479. The van der Waals surface area contributed by atoms with E-state index >= 15 is 0 Å². The van der Waals surface area contributed by atoms with Gasteiger partial charge in [-0.3, -0.25) is 14.2 Å². The number of sulfonamides is 1. The summed E-state index contributed by atoms with van der Waals surface area (Å²) in [6, 6.07) is 4.20. The number of amides is 1. The van der Waals surface area contributed by atoms with E-state index < -0.39 is 22.5 Å². The predicted octanol–water partition coefficient (Wildman–Crippen LogP) is 1.09. The number of hydrogen-bond acceptors (Lipinski definition) is 5. The summed E-state index contributed by atoms with van der Waals surface area (Å²) in [5, 5.41) is 0. The number of nitrogens with one attached hydrogen (secondary N) is 1. The summed E-state index contributed by atoms with van der Waals surface area (Å²) < 4.78 is 44.9. The Kier molecular flexibility index (Phi) is 4.55. The fourth-order valence-corrected chi connectivity index (χ4v) is 5.40. The quantitative estimate of drug-likeness (QED) is 0.832. The molecule has 3 heterocycles. The van der Waals surface area contributed by atoms with Gasteiger partial charge in [-0.05, 0) is 31.0 Å². The third kappa shape index (κ3) is 3.27. The van der Waals surface area contributed by atoms with Gasteiger partial charge in [-0.25, -0.2) is 13.2 Å². The lowest BCUT2D eigenvalue weighted by Crippen LogP contribution is -2.47. The SMILES string of the molecule is O=C1CC(CF)CN1C1CCN(S(=O)(=O)c2ccc3oc(=O)[nH]c3c2)CC1. The minimum Gasteiger partial charge on any atom is -0.408 e. The first-order valence-electron chi connectivity index (χ1n) is 8.87. The molecule has 0 aliphatic carbocycles. The fourth-order valence-electron chi connectivity index (χ4n) is 3.90. The number of aromatic nitrogens is 1. The third-order valence-corrected chi connectivity index (χ3v) is 7.24. The van der Waals surface area contributed by atoms with Crippen LogP contribution in [0.3, 0.4) is 0 Å². The number of oxazole rings is 1. The molecular weight excluding hydrogens is 377 g/mol. The minimum atomic E-state index is -3.71. The van der Waals surface area contributed by atoms with E-state index in [0.29, 0.717) is 30.5 Å². The first kappa shape index (κ1) is 18.2. The summed E-state index contributed by atoms with van der Waals surface area (Å²) in [5.41, 5.74) is 0.628. The maximum atomic E-state index is 12.9. The number of benzene rings is 1. The van der Waals surface area contributed by atoms with Crippen molar-refractivity contribution in [3.8, 4) is 0 Å². The Bertz CT molecular complexity index is 1020. The third-order valence-electron chi connectivity index (χ3n) is 5.35. The van der Waals surface area contributed by atoms with Gasteiger partial charge in [-0.1, -0.05) is 0 Å². The van der Waals surface area contributed by atoms with Crippen molar-refractivity contribution in [2.75, 3.05) is 26.3 Å². The second kappa shape index (κ2) is 6.75. The molecule has 1 aromatic carbocycles. The molecular formula is C17H20FN3O5S. The van der Waals surface area contributed by atoms with Crippen molar-refractivity contribution in [3.63, 3.8) is 0 Å². The van der Waals surface area contributed by atoms with Gasteiger partial charge in [-0.2, -0.15) is 4.31 Å². The highest BCUT2D eigenvalue weighted by molar-refractivity contribution is 7.89. The predicted molar refractivity (Wildman–Crippen MR) is 94.4 cm³/mol. The average molecular weight is 397 g/mol. The molecule has 8 nitrogen and oxygen atoms in total. The van der Waals surface area contributed by atoms with Crippen LogP contribution in [0.25, 0.3) is 11.1 Å². The molecule has 0 bridgehead atoms. The van der Waals surface area contributed by atoms with Crippen LogP contribution in [0.15, 0.2) is 32.3 Å². The number of hydrogen-bond donors (Lipinski definition) is 1. The van der Waals surface area contributed by atoms with Gasteiger partial charge in [-0.15, -0.1) is 0 Å². The zero-order valence-corrected chi connectivity index (χ0v) is 15.4. The highest BCUT2D eigenvalue weighted by atomic mass is 32.2. The molecule has 2 aliphatic rings. The number of likely N-dealkylation sites (tertiary alicyclic amines) is 1. The number of halogens is 1. The summed E-state index contributed by atoms with van der Waals surface area (Å²) in [7, 11) is -3.71. The number of carbonyl (C=O) groups is 1. The summed E-state index contributed by atoms with van der Waals surface area (Å²) in [5.74, 6) is -0.932. The van der Waals surface area contributed by atoms with Gasteiger partial charge >= 0.3 is 5.76 Å². The van der Waals surface area contributed by atoms with E-state index in [0.717, 1.165) is 0 Å². The van der Waals surface area contributed by atoms with E-state index in [9.17, 15) is 22.4 Å². The van der Waals surface area contributed by atoms with Crippen LogP contribution in [-0.4, -0.2) is 60.9 Å². The molecule has 0 radical (unpaired) electrons. The maximum absolute atomic E-state index is 12.9. The highest BCUT2D eigenvalue weighted by Gasteiger charge is 2.38. The Labute approximate surface area is 155 Å². The van der Waals surface area contributed by atoms with E-state index in [-0.39, 0.29) is 42.3 Å². The van der Waals surface area contributed by atoms with E-state index in [4.69, 9.17) is 4.42 Å². The van der Waals surface area contributed by atoms with Crippen molar-refractivity contribution < 1.29 is 22.0 Å². The summed E-state index contributed by atoms with van der Waals surface area (Å²) in [6.07, 6.45) is 1.28. The normalized spacial score (nSPS) is 22.8. The van der Waals surface area contributed by atoms with Crippen LogP contribution in [0.5, 0.6) is 0 Å². The number of nitrogens with zero attached hydrogens (tertiary/aromatic N) is 2. The molecule has 1 atom stereocenters. The van der Waals surface area contributed by atoms with Crippen LogP contribution in [0.2, 0.25) is 0 Å². The summed E-state index contributed by atoms with van der Waals surface area (Å²) in [4.78, 5) is 27.5. The lowest BCUT2D eigenvalue weighted by atomic mass is 10.1. The van der Waals surface area contributed by atoms with Crippen molar-refractivity contribution in [1.82, 2.24) is 14.2 Å². The second-order valence-electron chi connectivity index (χ2n) is 7.08. The van der Waals surface area contributed by atoms with Gasteiger partial charge in [0.05, 0.1) is 17.1 Å². The number of fused-ring (bicyclic) bond motifs is 1. The number of carbonyl (C=O) groups excluding carboxylic acids is 1.